The molecular formula is C25H25N3O3. The molecule has 0 unspecified atom stereocenters. The first-order valence-corrected chi connectivity index (χ1v) is 10.6. The SMILES string of the molecule is CCCCOC(=O)c1ccccc1NC(=O)CCc1cc2c(cn1)[nH]c1ccccc12. The molecule has 0 saturated heterocycles. The number of esters is 1. The third kappa shape index (κ3) is 4.74. The van der Waals surface area contributed by atoms with Gasteiger partial charge in [0.1, 0.15) is 0 Å². The summed E-state index contributed by atoms with van der Waals surface area (Å²) in [5, 5.41) is 5.08. The molecule has 1 amide bonds. The number of unbranched alkanes of at least 4 members (excludes halogenated alkanes) is 1. The Balaban J connectivity index is 1.42. The van der Waals surface area contributed by atoms with Gasteiger partial charge in [-0.1, -0.05) is 43.7 Å². The Morgan fingerprint density at radius 1 is 1.03 bits per heavy atom. The van der Waals surface area contributed by atoms with Crippen LogP contribution in [-0.2, 0) is 16.0 Å². The predicted molar refractivity (Wildman–Crippen MR) is 122 cm³/mol. The van der Waals surface area contributed by atoms with Crippen molar-refractivity contribution in [3.05, 3.63) is 72.1 Å². The molecule has 0 aliphatic carbocycles. The van der Waals surface area contributed by atoms with Crippen molar-refractivity contribution in [1.82, 2.24) is 9.97 Å². The molecule has 2 heterocycles. The summed E-state index contributed by atoms with van der Waals surface area (Å²) in [5.41, 5.74) is 3.72. The van der Waals surface area contributed by atoms with Crippen LogP contribution in [0, 0.1) is 0 Å². The first-order chi connectivity index (χ1) is 15.2. The van der Waals surface area contributed by atoms with Crippen molar-refractivity contribution in [2.24, 2.45) is 0 Å². The van der Waals surface area contributed by atoms with Gasteiger partial charge in [-0.05, 0) is 37.1 Å². The number of aromatic nitrogens is 2. The van der Waals surface area contributed by atoms with Gasteiger partial charge >= 0.3 is 5.97 Å². The normalized spacial score (nSPS) is 11.0. The number of nitrogens with one attached hydrogen (secondary N) is 2. The summed E-state index contributed by atoms with van der Waals surface area (Å²) in [6.07, 6.45) is 4.34. The van der Waals surface area contributed by atoms with Gasteiger partial charge in [0.05, 0.1) is 29.6 Å². The molecule has 0 atom stereocenters. The average Bonchev–Trinajstić information content (AvgIpc) is 3.16. The van der Waals surface area contributed by atoms with Crippen LogP contribution >= 0.6 is 0 Å². The van der Waals surface area contributed by atoms with Crippen molar-refractivity contribution in [2.45, 2.75) is 32.6 Å². The Labute approximate surface area is 180 Å². The van der Waals surface area contributed by atoms with E-state index in [0.717, 1.165) is 40.3 Å². The second-order valence-corrected chi connectivity index (χ2v) is 7.48. The second kappa shape index (κ2) is 9.43. The fourth-order valence-corrected chi connectivity index (χ4v) is 3.54. The van der Waals surface area contributed by atoms with E-state index in [2.05, 4.69) is 21.4 Å². The Bertz CT molecular complexity index is 1230. The Hall–Kier alpha value is -3.67. The van der Waals surface area contributed by atoms with Gasteiger partial charge in [-0.15, -0.1) is 0 Å². The number of aromatic amines is 1. The van der Waals surface area contributed by atoms with Crippen LogP contribution in [0.4, 0.5) is 5.69 Å². The molecule has 2 aromatic carbocycles. The maximum Gasteiger partial charge on any atom is 0.340 e. The highest BCUT2D eigenvalue weighted by Gasteiger charge is 2.14. The Morgan fingerprint density at radius 2 is 1.84 bits per heavy atom. The van der Waals surface area contributed by atoms with Gasteiger partial charge in [-0.2, -0.15) is 0 Å². The maximum atomic E-state index is 12.5. The Morgan fingerprint density at radius 3 is 2.71 bits per heavy atom. The van der Waals surface area contributed by atoms with Gasteiger partial charge in [0.25, 0.3) is 0 Å². The molecule has 31 heavy (non-hydrogen) atoms. The second-order valence-electron chi connectivity index (χ2n) is 7.48. The van der Waals surface area contributed by atoms with Gasteiger partial charge < -0.3 is 15.0 Å². The molecule has 2 N–H and O–H groups in total. The van der Waals surface area contributed by atoms with Gasteiger partial charge in [0.2, 0.25) is 5.91 Å². The van der Waals surface area contributed by atoms with E-state index < -0.39 is 5.97 Å². The minimum absolute atomic E-state index is 0.172. The lowest BCUT2D eigenvalue weighted by molar-refractivity contribution is -0.116. The van der Waals surface area contributed by atoms with E-state index in [1.54, 1.807) is 24.3 Å². The molecule has 2 aromatic heterocycles. The fraction of sp³-hybridized carbons (Fsp3) is 0.240. The Kier molecular flexibility index (Phi) is 6.26. The van der Waals surface area contributed by atoms with Crippen LogP contribution in [0.1, 0.15) is 42.2 Å². The smallest absolute Gasteiger partial charge is 0.340 e. The van der Waals surface area contributed by atoms with E-state index in [0.29, 0.717) is 24.3 Å². The van der Waals surface area contributed by atoms with E-state index in [-0.39, 0.29) is 12.3 Å². The summed E-state index contributed by atoms with van der Waals surface area (Å²) >= 11 is 0. The number of rotatable bonds is 8. The number of para-hydroxylation sites is 2. The number of hydrogen-bond donors (Lipinski definition) is 2. The van der Waals surface area contributed by atoms with Crippen molar-refractivity contribution in [3.63, 3.8) is 0 Å². The van der Waals surface area contributed by atoms with E-state index in [1.807, 2.05) is 37.4 Å². The number of carbonyl (C=O) groups is 2. The monoisotopic (exact) mass is 415 g/mol. The predicted octanol–water partition coefficient (Wildman–Crippen LogP) is 5.24. The number of ether oxygens (including phenoxy) is 1. The summed E-state index contributed by atoms with van der Waals surface area (Å²) < 4.78 is 5.29. The van der Waals surface area contributed by atoms with E-state index in [9.17, 15) is 9.59 Å². The lowest BCUT2D eigenvalue weighted by Crippen LogP contribution is -2.16. The number of H-pyrrole nitrogens is 1. The first-order valence-electron chi connectivity index (χ1n) is 10.6. The molecule has 4 aromatic rings. The zero-order valence-corrected chi connectivity index (χ0v) is 17.5. The highest BCUT2D eigenvalue weighted by atomic mass is 16.5. The maximum absolute atomic E-state index is 12.5. The first kappa shape index (κ1) is 20.6. The van der Waals surface area contributed by atoms with Crippen molar-refractivity contribution in [1.29, 1.82) is 0 Å². The third-order valence-corrected chi connectivity index (χ3v) is 5.21. The molecule has 158 valence electrons. The number of pyridine rings is 1. The number of anilines is 1. The number of benzene rings is 2. The van der Waals surface area contributed by atoms with Crippen molar-refractivity contribution < 1.29 is 14.3 Å². The van der Waals surface area contributed by atoms with Gasteiger partial charge in [-0.3, -0.25) is 9.78 Å². The molecule has 0 radical (unpaired) electrons. The van der Waals surface area contributed by atoms with Crippen molar-refractivity contribution in [2.75, 3.05) is 11.9 Å². The van der Waals surface area contributed by atoms with E-state index in [4.69, 9.17) is 4.74 Å². The van der Waals surface area contributed by atoms with Crippen LogP contribution in [0.25, 0.3) is 21.8 Å². The molecule has 0 aliphatic rings. The van der Waals surface area contributed by atoms with Crippen LogP contribution in [-0.4, -0.2) is 28.5 Å². The third-order valence-electron chi connectivity index (χ3n) is 5.21. The quantitative estimate of drug-likeness (QED) is 0.304. The van der Waals surface area contributed by atoms with E-state index in [1.165, 1.54) is 0 Å². The van der Waals surface area contributed by atoms with Gasteiger partial charge in [0.15, 0.2) is 0 Å². The summed E-state index contributed by atoms with van der Waals surface area (Å²) in [7, 11) is 0. The molecule has 4 rings (SSSR count). The van der Waals surface area contributed by atoms with Crippen LogP contribution in [0.15, 0.2) is 60.8 Å². The van der Waals surface area contributed by atoms with Crippen molar-refractivity contribution >= 4 is 39.4 Å². The van der Waals surface area contributed by atoms with Gasteiger partial charge in [-0.25, -0.2) is 4.79 Å². The number of nitrogens with zero attached hydrogens (tertiary/aromatic N) is 1. The number of carbonyl (C=O) groups excluding carboxylic acids is 2. The highest BCUT2D eigenvalue weighted by molar-refractivity contribution is 6.07. The average molecular weight is 415 g/mol. The standard InChI is InChI=1S/C25H25N3O3/c1-2-3-14-31-25(30)19-9-5-7-11-22(19)28-24(29)13-12-17-15-20-18-8-4-6-10-21(18)27-23(20)16-26-17/h4-11,15-16,27H,2-3,12-14H2,1H3,(H,28,29). The number of hydrogen-bond acceptors (Lipinski definition) is 4. The zero-order chi connectivity index (χ0) is 21.6. The van der Waals surface area contributed by atoms with E-state index >= 15 is 0 Å². The highest BCUT2D eigenvalue weighted by Crippen LogP contribution is 2.25. The molecule has 0 bridgehead atoms. The molecule has 6 nitrogen and oxygen atoms in total. The zero-order valence-electron chi connectivity index (χ0n) is 17.5. The minimum Gasteiger partial charge on any atom is -0.462 e. The molecule has 0 saturated carbocycles. The lowest BCUT2D eigenvalue weighted by Gasteiger charge is -2.11. The molecule has 6 heteroatoms. The number of aryl methyl sites for hydroxylation is 1. The summed E-state index contributed by atoms with van der Waals surface area (Å²) in [6, 6.07) is 17.1. The molecule has 0 fully saturated rings. The lowest BCUT2D eigenvalue weighted by atomic mass is 10.1. The fourth-order valence-electron chi connectivity index (χ4n) is 3.54. The van der Waals surface area contributed by atoms with Crippen LogP contribution < -0.4 is 5.32 Å². The number of fused-ring (bicyclic) bond motifs is 3. The van der Waals surface area contributed by atoms with Gasteiger partial charge in [0, 0.05) is 28.4 Å². The summed E-state index contributed by atoms with van der Waals surface area (Å²) in [5.74, 6) is -0.592. The molecular weight excluding hydrogens is 390 g/mol. The summed E-state index contributed by atoms with van der Waals surface area (Å²) in [4.78, 5) is 32.7. The van der Waals surface area contributed by atoms with Crippen LogP contribution in [0.2, 0.25) is 0 Å². The molecule has 0 spiro atoms. The topological polar surface area (TPSA) is 84.1 Å². The minimum atomic E-state index is -0.421. The van der Waals surface area contributed by atoms with Crippen LogP contribution in [0.5, 0.6) is 0 Å². The largest absolute Gasteiger partial charge is 0.462 e. The summed E-state index contributed by atoms with van der Waals surface area (Å²) in [6.45, 7) is 2.41. The van der Waals surface area contributed by atoms with Crippen molar-refractivity contribution in [3.8, 4) is 0 Å². The molecule has 0 aliphatic heterocycles. The van der Waals surface area contributed by atoms with Crippen LogP contribution in [0.3, 0.4) is 0 Å². The number of amides is 1.